The van der Waals surface area contributed by atoms with Crippen LogP contribution in [0.2, 0.25) is 0 Å². The third-order valence-corrected chi connectivity index (χ3v) is 3.76. The Morgan fingerprint density at radius 1 is 1.44 bits per heavy atom. The molecule has 2 nitrogen and oxygen atoms in total. The van der Waals surface area contributed by atoms with Gasteiger partial charge in [0, 0.05) is 0 Å². The molecule has 0 aromatic heterocycles. The molecule has 1 heterocycles. The molecule has 2 rings (SSSR count). The van der Waals surface area contributed by atoms with Crippen LogP contribution in [0.1, 0.15) is 38.7 Å². The monoisotopic (exact) mass is 243 g/mol. The van der Waals surface area contributed by atoms with Crippen LogP contribution < -0.4 is 4.74 Å². The number of nitrogens with zero attached hydrogens (tertiary/aromatic N) is 1. The second-order valence-electron chi connectivity index (χ2n) is 5.56. The van der Waals surface area contributed by atoms with E-state index in [1.54, 1.807) is 0 Å². The smallest absolute Gasteiger partial charge is 0.122 e. The molecule has 96 valence electrons. The number of fused-ring (bicyclic) bond motifs is 1. The lowest BCUT2D eigenvalue weighted by molar-refractivity contribution is 0.141. The summed E-state index contributed by atoms with van der Waals surface area (Å²) in [5.41, 5.74) is 0.845. The molecule has 1 aliphatic rings. The van der Waals surface area contributed by atoms with Crippen molar-refractivity contribution in [2.75, 3.05) is 6.61 Å². The Hall–Kier alpha value is -1.49. The van der Waals surface area contributed by atoms with E-state index in [0.29, 0.717) is 12.5 Å². The van der Waals surface area contributed by atoms with Crippen LogP contribution in [-0.2, 0) is 6.42 Å². The normalized spacial score (nSPS) is 23.6. The Kier molecular flexibility index (Phi) is 3.91. The molecule has 0 fully saturated rings. The topological polar surface area (TPSA) is 33.0 Å². The number of benzene rings is 1. The minimum Gasteiger partial charge on any atom is -0.492 e. The van der Waals surface area contributed by atoms with E-state index in [4.69, 9.17) is 4.74 Å². The number of ether oxygens (including phenoxy) is 1. The first-order valence-corrected chi connectivity index (χ1v) is 6.81. The molecule has 2 heteroatoms. The third kappa shape index (κ3) is 2.67. The molecule has 0 N–H and O–H groups in total. The molecule has 0 saturated heterocycles. The van der Waals surface area contributed by atoms with Gasteiger partial charge in [-0.1, -0.05) is 44.9 Å². The van der Waals surface area contributed by atoms with Gasteiger partial charge in [0.05, 0.1) is 11.5 Å². The lowest BCUT2D eigenvalue weighted by atomic mass is 9.74. The molecule has 1 aliphatic heterocycles. The van der Waals surface area contributed by atoms with Gasteiger partial charge in [0.1, 0.15) is 12.4 Å². The SMILES string of the molecule is CCCC(C)CC1(C#N)COc2ccccc2C1. The summed E-state index contributed by atoms with van der Waals surface area (Å²) in [6, 6.07) is 10.6. The zero-order valence-corrected chi connectivity index (χ0v) is 11.3. The minimum absolute atomic E-state index is 0.330. The molecule has 2 unspecified atom stereocenters. The summed E-state index contributed by atoms with van der Waals surface area (Å²) >= 11 is 0. The summed E-state index contributed by atoms with van der Waals surface area (Å²) in [6.45, 7) is 4.97. The van der Waals surface area contributed by atoms with Crippen LogP contribution >= 0.6 is 0 Å². The van der Waals surface area contributed by atoms with E-state index in [2.05, 4.69) is 26.0 Å². The molecule has 0 saturated carbocycles. The fourth-order valence-corrected chi connectivity index (χ4v) is 2.93. The molecule has 0 bridgehead atoms. The van der Waals surface area contributed by atoms with Crippen LogP contribution in [0, 0.1) is 22.7 Å². The molecular weight excluding hydrogens is 222 g/mol. The summed E-state index contributed by atoms with van der Waals surface area (Å²) in [5, 5.41) is 9.55. The maximum Gasteiger partial charge on any atom is 0.122 e. The molecule has 0 radical (unpaired) electrons. The van der Waals surface area contributed by atoms with Crippen molar-refractivity contribution in [2.24, 2.45) is 11.3 Å². The Morgan fingerprint density at radius 2 is 2.22 bits per heavy atom. The number of nitriles is 1. The lowest BCUT2D eigenvalue weighted by Crippen LogP contribution is -2.35. The predicted octanol–water partition coefficient (Wildman–Crippen LogP) is 3.96. The molecule has 1 aromatic carbocycles. The highest BCUT2D eigenvalue weighted by atomic mass is 16.5. The molecule has 18 heavy (non-hydrogen) atoms. The first kappa shape index (κ1) is 13.0. The first-order valence-electron chi connectivity index (χ1n) is 6.81. The summed E-state index contributed by atoms with van der Waals surface area (Å²) in [5.74, 6) is 1.54. The highest BCUT2D eigenvalue weighted by Gasteiger charge is 2.37. The van der Waals surface area contributed by atoms with Gasteiger partial charge < -0.3 is 4.74 Å². The third-order valence-electron chi connectivity index (χ3n) is 3.76. The highest BCUT2D eigenvalue weighted by Crippen LogP contribution is 2.39. The molecule has 1 aromatic rings. The summed E-state index contributed by atoms with van der Waals surface area (Å²) < 4.78 is 5.79. The standard InChI is InChI=1S/C16H21NO/c1-3-6-13(2)9-16(11-17)10-14-7-4-5-8-15(14)18-12-16/h4-5,7-8,13H,3,6,9-10,12H2,1-2H3. The van der Waals surface area contributed by atoms with E-state index in [1.807, 2.05) is 18.2 Å². The van der Waals surface area contributed by atoms with Crippen LogP contribution in [0.25, 0.3) is 0 Å². The van der Waals surface area contributed by atoms with Crippen LogP contribution in [-0.4, -0.2) is 6.61 Å². The number of para-hydroxylation sites is 1. The van der Waals surface area contributed by atoms with Crippen LogP contribution in [0.3, 0.4) is 0 Å². The minimum atomic E-state index is -0.330. The van der Waals surface area contributed by atoms with Crippen molar-refractivity contribution >= 4 is 0 Å². The maximum absolute atomic E-state index is 9.55. The van der Waals surface area contributed by atoms with Gasteiger partial charge in [0.2, 0.25) is 0 Å². The van der Waals surface area contributed by atoms with Gasteiger partial charge in [0.15, 0.2) is 0 Å². The van der Waals surface area contributed by atoms with Gasteiger partial charge in [-0.3, -0.25) is 0 Å². The van der Waals surface area contributed by atoms with Crippen LogP contribution in [0.4, 0.5) is 0 Å². The number of rotatable bonds is 4. The highest BCUT2D eigenvalue weighted by molar-refractivity contribution is 5.37. The van der Waals surface area contributed by atoms with Gasteiger partial charge in [-0.15, -0.1) is 0 Å². The van der Waals surface area contributed by atoms with Crippen molar-refractivity contribution in [1.82, 2.24) is 0 Å². The maximum atomic E-state index is 9.55. The largest absolute Gasteiger partial charge is 0.492 e. The van der Waals surface area contributed by atoms with Gasteiger partial charge >= 0.3 is 0 Å². The van der Waals surface area contributed by atoms with Gasteiger partial charge in [-0.05, 0) is 30.4 Å². The molecule has 0 amide bonds. The van der Waals surface area contributed by atoms with Crippen molar-refractivity contribution in [2.45, 2.75) is 39.5 Å². The zero-order chi connectivity index (χ0) is 13.0. The summed E-state index contributed by atoms with van der Waals surface area (Å²) in [6.07, 6.45) is 4.13. The number of hydrogen-bond acceptors (Lipinski definition) is 2. The Bertz CT molecular complexity index is 449. The van der Waals surface area contributed by atoms with Crippen LogP contribution in [0.5, 0.6) is 5.75 Å². The van der Waals surface area contributed by atoms with Crippen molar-refractivity contribution in [3.8, 4) is 11.8 Å². The molecule has 0 spiro atoms. The summed E-state index contributed by atoms with van der Waals surface area (Å²) in [4.78, 5) is 0. The zero-order valence-electron chi connectivity index (χ0n) is 11.3. The fourth-order valence-electron chi connectivity index (χ4n) is 2.93. The Balaban J connectivity index is 2.14. The van der Waals surface area contributed by atoms with E-state index in [9.17, 15) is 5.26 Å². The molecule has 0 aliphatic carbocycles. The van der Waals surface area contributed by atoms with E-state index in [0.717, 1.165) is 18.6 Å². The van der Waals surface area contributed by atoms with E-state index >= 15 is 0 Å². The second-order valence-corrected chi connectivity index (χ2v) is 5.56. The van der Waals surface area contributed by atoms with E-state index < -0.39 is 0 Å². The first-order chi connectivity index (χ1) is 8.69. The quantitative estimate of drug-likeness (QED) is 0.802. The average Bonchev–Trinajstić information content (AvgIpc) is 2.39. The van der Waals surface area contributed by atoms with Crippen molar-refractivity contribution < 1.29 is 4.74 Å². The van der Waals surface area contributed by atoms with Gasteiger partial charge in [0.25, 0.3) is 0 Å². The molecular formula is C16H21NO. The van der Waals surface area contributed by atoms with Crippen molar-refractivity contribution in [3.63, 3.8) is 0 Å². The Labute approximate surface area is 110 Å². The fraction of sp³-hybridized carbons (Fsp3) is 0.562. The van der Waals surface area contributed by atoms with Crippen molar-refractivity contribution in [1.29, 1.82) is 5.26 Å². The van der Waals surface area contributed by atoms with Crippen molar-refractivity contribution in [3.05, 3.63) is 29.8 Å². The van der Waals surface area contributed by atoms with Crippen LogP contribution in [0.15, 0.2) is 24.3 Å². The molecule has 2 atom stereocenters. The second kappa shape index (κ2) is 5.44. The lowest BCUT2D eigenvalue weighted by Gasteiger charge is -2.34. The average molecular weight is 243 g/mol. The van der Waals surface area contributed by atoms with Gasteiger partial charge in [-0.25, -0.2) is 0 Å². The van der Waals surface area contributed by atoms with E-state index in [-0.39, 0.29) is 5.41 Å². The Morgan fingerprint density at radius 3 is 2.94 bits per heavy atom. The number of hydrogen-bond donors (Lipinski definition) is 0. The van der Waals surface area contributed by atoms with Gasteiger partial charge in [-0.2, -0.15) is 5.26 Å². The van der Waals surface area contributed by atoms with E-state index in [1.165, 1.54) is 18.4 Å². The predicted molar refractivity (Wildman–Crippen MR) is 72.4 cm³/mol. The summed E-state index contributed by atoms with van der Waals surface area (Å²) in [7, 11) is 0.